The van der Waals surface area contributed by atoms with Crippen molar-refractivity contribution >= 4 is 23.4 Å². The number of thioether (sulfide) groups is 1. The molecule has 0 radical (unpaired) electrons. The van der Waals surface area contributed by atoms with E-state index in [-0.39, 0.29) is 5.91 Å². The van der Waals surface area contributed by atoms with E-state index in [9.17, 15) is 4.79 Å². The minimum Gasteiger partial charge on any atom is -0.325 e. The van der Waals surface area contributed by atoms with Crippen LogP contribution < -0.4 is 5.32 Å². The van der Waals surface area contributed by atoms with Crippen molar-refractivity contribution < 1.29 is 4.79 Å². The van der Waals surface area contributed by atoms with Crippen LogP contribution in [0.3, 0.4) is 0 Å². The van der Waals surface area contributed by atoms with Crippen LogP contribution in [0, 0.1) is 5.92 Å². The highest BCUT2D eigenvalue weighted by atomic mass is 32.2. The molecule has 2 aromatic heterocycles. The molecule has 1 N–H and O–H groups in total. The van der Waals surface area contributed by atoms with Gasteiger partial charge in [0.05, 0.1) is 5.75 Å². The summed E-state index contributed by atoms with van der Waals surface area (Å²) in [6.45, 7) is 6.71. The Morgan fingerprint density at radius 3 is 2.67 bits per heavy atom. The zero-order valence-electron chi connectivity index (χ0n) is 19.7. The van der Waals surface area contributed by atoms with E-state index in [1.807, 2.05) is 30.5 Å². The standard InChI is InChI=1S/C26H33N5OS/c1-4-18(2)20-11-13-22(14-12-20)28-24(32)17-33-26-30-29-25(21-9-7-15-27-16-21)31(26)23-10-6-5-8-19(23)3/h7,9,11-16,18-19,23H,4-6,8,10,17H2,1-3H3,(H,28,32). The number of rotatable bonds is 8. The maximum Gasteiger partial charge on any atom is 0.234 e. The van der Waals surface area contributed by atoms with Crippen molar-refractivity contribution in [1.29, 1.82) is 0 Å². The van der Waals surface area contributed by atoms with Crippen LogP contribution in [0.25, 0.3) is 11.4 Å². The third-order valence-electron chi connectivity index (χ3n) is 6.69. The SMILES string of the molecule is CCC(C)c1ccc(NC(=O)CSc2nnc(-c3cccnc3)n2C2CCCCC2C)cc1. The number of pyridine rings is 1. The molecule has 1 amide bonds. The summed E-state index contributed by atoms with van der Waals surface area (Å²) in [6, 6.07) is 12.4. The van der Waals surface area contributed by atoms with Crippen LogP contribution >= 0.6 is 11.8 Å². The second-order valence-electron chi connectivity index (χ2n) is 9.02. The third kappa shape index (κ3) is 5.64. The highest BCUT2D eigenvalue weighted by Crippen LogP contribution is 2.38. The Morgan fingerprint density at radius 1 is 1.18 bits per heavy atom. The highest BCUT2D eigenvalue weighted by molar-refractivity contribution is 7.99. The topological polar surface area (TPSA) is 72.7 Å². The third-order valence-corrected chi connectivity index (χ3v) is 7.63. The molecule has 33 heavy (non-hydrogen) atoms. The second-order valence-corrected chi connectivity index (χ2v) is 9.96. The van der Waals surface area contributed by atoms with Crippen LogP contribution in [0.2, 0.25) is 0 Å². The van der Waals surface area contributed by atoms with Crippen molar-refractivity contribution in [1.82, 2.24) is 19.7 Å². The van der Waals surface area contributed by atoms with Gasteiger partial charge in [-0.05, 0) is 60.9 Å². The van der Waals surface area contributed by atoms with Gasteiger partial charge in [0.15, 0.2) is 11.0 Å². The normalized spacial score (nSPS) is 19.2. The minimum absolute atomic E-state index is 0.0366. The maximum absolute atomic E-state index is 12.7. The van der Waals surface area contributed by atoms with Crippen molar-refractivity contribution in [2.45, 2.75) is 70.0 Å². The van der Waals surface area contributed by atoms with E-state index < -0.39 is 0 Å². The van der Waals surface area contributed by atoms with E-state index in [2.05, 4.69) is 58.0 Å². The second kappa shape index (κ2) is 11.0. The predicted octanol–water partition coefficient (Wildman–Crippen LogP) is 6.34. The van der Waals surface area contributed by atoms with Crippen LogP contribution in [0.5, 0.6) is 0 Å². The number of benzene rings is 1. The molecule has 0 spiro atoms. The fourth-order valence-corrected chi connectivity index (χ4v) is 5.30. The van der Waals surface area contributed by atoms with Gasteiger partial charge in [-0.2, -0.15) is 0 Å². The zero-order chi connectivity index (χ0) is 23.2. The van der Waals surface area contributed by atoms with Gasteiger partial charge in [0.25, 0.3) is 0 Å². The summed E-state index contributed by atoms with van der Waals surface area (Å²) < 4.78 is 2.25. The molecule has 2 heterocycles. The highest BCUT2D eigenvalue weighted by Gasteiger charge is 2.29. The van der Waals surface area contributed by atoms with Crippen LogP contribution in [-0.4, -0.2) is 31.4 Å². The van der Waals surface area contributed by atoms with Crippen molar-refractivity contribution in [3.8, 4) is 11.4 Å². The fourth-order valence-electron chi connectivity index (χ4n) is 4.50. The summed E-state index contributed by atoms with van der Waals surface area (Å²) in [4.78, 5) is 17.0. The molecule has 1 aliphatic rings. The van der Waals surface area contributed by atoms with Gasteiger partial charge in [0, 0.05) is 29.7 Å². The van der Waals surface area contributed by atoms with Crippen molar-refractivity contribution in [2.75, 3.05) is 11.1 Å². The molecule has 1 saturated carbocycles. The van der Waals surface area contributed by atoms with Crippen LogP contribution in [0.4, 0.5) is 5.69 Å². The van der Waals surface area contributed by atoms with E-state index >= 15 is 0 Å². The summed E-state index contributed by atoms with van der Waals surface area (Å²) in [5, 5.41) is 12.8. The molecule has 0 saturated heterocycles. The van der Waals surface area contributed by atoms with Gasteiger partial charge in [0.1, 0.15) is 0 Å². The van der Waals surface area contributed by atoms with Gasteiger partial charge in [-0.1, -0.05) is 57.5 Å². The van der Waals surface area contributed by atoms with Crippen LogP contribution in [0.1, 0.15) is 70.4 Å². The molecule has 0 aliphatic heterocycles. The number of anilines is 1. The number of nitrogens with one attached hydrogen (secondary N) is 1. The Balaban J connectivity index is 1.48. The lowest BCUT2D eigenvalue weighted by molar-refractivity contribution is -0.113. The van der Waals surface area contributed by atoms with Crippen LogP contribution in [-0.2, 0) is 4.79 Å². The Labute approximate surface area is 200 Å². The first kappa shape index (κ1) is 23.5. The van der Waals surface area contributed by atoms with Gasteiger partial charge >= 0.3 is 0 Å². The first-order chi connectivity index (χ1) is 16.1. The quantitative estimate of drug-likeness (QED) is 0.395. The van der Waals surface area contributed by atoms with E-state index in [0.29, 0.717) is 23.6 Å². The molecule has 1 aromatic carbocycles. The summed E-state index contributed by atoms with van der Waals surface area (Å²) in [5.41, 5.74) is 3.08. The Bertz CT molecular complexity index is 1050. The average Bonchev–Trinajstić information content (AvgIpc) is 3.27. The first-order valence-corrected chi connectivity index (χ1v) is 12.9. The lowest BCUT2D eigenvalue weighted by Crippen LogP contribution is -2.23. The number of aromatic nitrogens is 4. The lowest BCUT2D eigenvalue weighted by atomic mass is 9.85. The summed E-state index contributed by atoms with van der Waals surface area (Å²) >= 11 is 1.45. The molecule has 174 valence electrons. The molecule has 6 nitrogen and oxygen atoms in total. The molecule has 1 fully saturated rings. The number of amides is 1. The summed E-state index contributed by atoms with van der Waals surface area (Å²) in [7, 11) is 0. The molecule has 0 bridgehead atoms. The smallest absolute Gasteiger partial charge is 0.234 e. The van der Waals surface area contributed by atoms with Gasteiger partial charge in [-0.15, -0.1) is 10.2 Å². The molecule has 3 unspecified atom stereocenters. The molecule has 4 rings (SSSR count). The van der Waals surface area contributed by atoms with Gasteiger partial charge in [0.2, 0.25) is 5.91 Å². The molecular weight excluding hydrogens is 430 g/mol. The Hall–Kier alpha value is -2.67. The van der Waals surface area contributed by atoms with E-state index in [4.69, 9.17) is 0 Å². The van der Waals surface area contributed by atoms with Gasteiger partial charge < -0.3 is 5.32 Å². The largest absolute Gasteiger partial charge is 0.325 e. The van der Waals surface area contributed by atoms with E-state index in [1.165, 1.54) is 36.6 Å². The number of hydrogen-bond donors (Lipinski definition) is 1. The van der Waals surface area contributed by atoms with Crippen molar-refractivity contribution in [2.24, 2.45) is 5.92 Å². The molecule has 7 heteroatoms. The van der Waals surface area contributed by atoms with E-state index in [0.717, 1.165) is 35.1 Å². The van der Waals surface area contributed by atoms with Gasteiger partial charge in [-0.25, -0.2) is 0 Å². The monoisotopic (exact) mass is 463 g/mol. The summed E-state index contributed by atoms with van der Waals surface area (Å²) in [6.07, 6.45) is 9.48. The van der Waals surface area contributed by atoms with Crippen molar-refractivity contribution in [3.05, 3.63) is 54.4 Å². The number of carbonyl (C=O) groups is 1. The molecule has 3 atom stereocenters. The first-order valence-electron chi connectivity index (χ1n) is 11.9. The molecule has 3 aromatic rings. The minimum atomic E-state index is -0.0366. The predicted molar refractivity (Wildman–Crippen MR) is 134 cm³/mol. The number of carbonyl (C=O) groups excluding carboxylic acids is 1. The maximum atomic E-state index is 12.7. The molecule has 1 aliphatic carbocycles. The van der Waals surface area contributed by atoms with Crippen LogP contribution in [0.15, 0.2) is 53.9 Å². The number of nitrogens with zero attached hydrogens (tertiary/aromatic N) is 4. The Kier molecular flexibility index (Phi) is 7.81. The zero-order valence-corrected chi connectivity index (χ0v) is 20.5. The lowest BCUT2D eigenvalue weighted by Gasteiger charge is -2.31. The average molecular weight is 464 g/mol. The van der Waals surface area contributed by atoms with E-state index in [1.54, 1.807) is 6.20 Å². The number of hydrogen-bond acceptors (Lipinski definition) is 5. The Morgan fingerprint density at radius 2 is 1.97 bits per heavy atom. The van der Waals surface area contributed by atoms with Crippen molar-refractivity contribution in [3.63, 3.8) is 0 Å². The summed E-state index contributed by atoms with van der Waals surface area (Å²) in [5.74, 6) is 2.16. The fraction of sp³-hybridized carbons (Fsp3) is 0.462. The molecular formula is C26H33N5OS. The van der Waals surface area contributed by atoms with Gasteiger partial charge in [-0.3, -0.25) is 14.3 Å².